The molecule has 7 heteroatoms. The lowest BCUT2D eigenvalue weighted by atomic mass is 10.1. The van der Waals surface area contributed by atoms with Crippen molar-refractivity contribution in [2.45, 2.75) is 32.9 Å². The second-order valence-corrected chi connectivity index (χ2v) is 5.69. The van der Waals surface area contributed by atoms with Crippen molar-refractivity contribution < 1.29 is 0 Å². The van der Waals surface area contributed by atoms with Gasteiger partial charge < -0.3 is 0 Å². The Morgan fingerprint density at radius 1 is 1.55 bits per heavy atom. The van der Waals surface area contributed by atoms with E-state index in [9.17, 15) is 0 Å². The van der Waals surface area contributed by atoms with E-state index in [1.54, 1.807) is 6.20 Å². The first-order valence-electron chi connectivity index (χ1n) is 6.36. The SMILES string of the molecule is CCn1nc(C)c(Cl)c1CC(NN)c1ncccc1Br. The second-order valence-electron chi connectivity index (χ2n) is 4.46. The summed E-state index contributed by atoms with van der Waals surface area (Å²) >= 11 is 9.83. The molecule has 108 valence electrons. The van der Waals surface area contributed by atoms with E-state index in [-0.39, 0.29) is 6.04 Å². The zero-order valence-electron chi connectivity index (χ0n) is 11.4. The largest absolute Gasteiger partial charge is 0.271 e. The van der Waals surface area contributed by atoms with Crippen LogP contribution in [0.2, 0.25) is 5.02 Å². The molecule has 0 spiro atoms. The molecule has 2 aromatic rings. The molecule has 3 N–H and O–H groups in total. The molecular weight excluding hydrogens is 342 g/mol. The van der Waals surface area contributed by atoms with Crippen LogP contribution in [0.15, 0.2) is 22.8 Å². The van der Waals surface area contributed by atoms with Gasteiger partial charge in [0, 0.05) is 23.6 Å². The van der Waals surface area contributed by atoms with E-state index in [0.29, 0.717) is 11.4 Å². The van der Waals surface area contributed by atoms with Crippen molar-refractivity contribution >= 4 is 27.5 Å². The van der Waals surface area contributed by atoms with Crippen LogP contribution in [0.4, 0.5) is 0 Å². The number of nitrogens with two attached hydrogens (primary N) is 1. The molecule has 0 bridgehead atoms. The number of nitrogens with zero attached hydrogens (tertiary/aromatic N) is 3. The van der Waals surface area contributed by atoms with Gasteiger partial charge in [0.2, 0.25) is 0 Å². The van der Waals surface area contributed by atoms with Crippen molar-refractivity contribution in [2.75, 3.05) is 0 Å². The van der Waals surface area contributed by atoms with Crippen LogP contribution in [0.3, 0.4) is 0 Å². The monoisotopic (exact) mass is 357 g/mol. The van der Waals surface area contributed by atoms with Gasteiger partial charge in [-0.1, -0.05) is 11.6 Å². The molecule has 0 aliphatic heterocycles. The van der Waals surface area contributed by atoms with Gasteiger partial charge >= 0.3 is 0 Å². The molecule has 2 aromatic heterocycles. The summed E-state index contributed by atoms with van der Waals surface area (Å²) in [5.74, 6) is 5.69. The maximum absolute atomic E-state index is 6.34. The van der Waals surface area contributed by atoms with Crippen LogP contribution < -0.4 is 11.3 Å². The summed E-state index contributed by atoms with van der Waals surface area (Å²) in [6.07, 6.45) is 2.37. The Labute approximate surface area is 131 Å². The van der Waals surface area contributed by atoms with Crippen molar-refractivity contribution in [2.24, 2.45) is 5.84 Å². The van der Waals surface area contributed by atoms with Crippen LogP contribution in [-0.4, -0.2) is 14.8 Å². The molecule has 1 atom stereocenters. The summed E-state index contributed by atoms with van der Waals surface area (Å²) in [5.41, 5.74) is 5.46. The predicted molar refractivity (Wildman–Crippen MR) is 83.4 cm³/mol. The number of aryl methyl sites for hydroxylation is 2. The van der Waals surface area contributed by atoms with E-state index in [0.717, 1.165) is 28.1 Å². The Morgan fingerprint density at radius 2 is 2.30 bits per heavy atom. The minimum absolute atomic E-state index is 0.135. The first-order chi connectivity index (χ1) is 9.58. The van der Waals surface area contributed by atoms with Gasteiger partial charge in [0.25, 0.3) is 0 Å². The molecule has 2 rings (SSSR count). The van der Waals surface area contributed by atoms with Crippen molar-refractivity contribution in [3.63, 3.8) is 0 Å². The number of rotatable bonds is 5. The van der Waals surface area contributed by atoms with Crippen LogP contribution in [0, 0.1) is 6.92 Å². The molecule has 0 aliphatic rings. The summed E-state index contributed by atoms with van der Waals surface area (Å²) in [4.78, 5) is 4.38. The molecule has 0 saturated carbocycles. The third kappa shape index (κ3) is 3.03. The molecule has 2 heterocycles. The average Bonchev–Trinajstić information content (AvgIpc) is 2.73. The van der Waals surface area contributed by atoms with Crippen molar-refractivity contribution in [3.05, 3.63) is 44.9 Å². The minimum atomic E-state index is -0.135. The molecule has 1 unspecified atom stereocenters. The van der Waals surface area contributed by atoms with Crippen LogP contribution in [0.25, 0.3) is 0 Å². The van der Waals surface area contributed by atoms with Gasteiger partial charge in [0.15, 0.2) is 0 Å². The van der Waals surface area contributed by atoms with E-state index in [4.69, 9.17) is 17.4 Å². The standard InChI is InChI=1S/C13H17BrClN5/c1-3-20-11(12(15)8(2)19-20)7-10(18-16)13-9(14)5-4-6-17-13/h4-6,10,18H,3,7,16H2,1-2H3. The highest BCUT2D eigenvalue weighted by molar-refractivity contribution is 9.10. The lowest BCUT2D eigenvalue weighted by Gasteiger charge is -2.17. The first kappa shape index (κ1) is 15.4. The molecular formula is C13H17BrClN5. The number of pyridine rings is 1. The lowest BCUT2D eigenvalue weighted by molar-refractivity contribution is 0.505. The van der Waals surface area contributed by atoms with Gasteiger partial charge in [-0.2, -0.15) is 5.10 Å². The normalized spacial score (nSPS) is 12.7. The van der Waals surface area contributed by atoms with E-state index in [2.05, 4.69) is 31.4 Å². The van der Waals surface area contributed by atoms with Crippen LogP contribution in [0.5, 0.6) is 0 Å². The number of nitrogens with one attached hydrogen (secondary N) is 1. The molecule has 0 radical (unpaired) electrons. The van der Waals surface area contributed by atoms with Gasteiger partial charge in [-0.15, -0.1) is 0 Å². The summed E-state index contributed by atoms with van der Waals surface area (Å²) in [6, 6.07) is 3.68. The average molecular weight is 359 g/mol. The maximum Gasteiger partial charge on any atom is 0.0847 e. The Morgan fingerprint density at radius 3 is 2.90 bits per heavy atom. The zero-order valence-corrected chi connectivity index (χ0v) is 13.7. The van der Waals surface area contributed by atoms with Crippen LogP contribution in [-0.2, 0) is 13.0 Å². The second kappa shape index (κ2) is 6.67. The molecule has 5 nitrogen and oxygen atoms in total. The van der Waals surface area contributed by atoms with Gasteiger partial charge in [-0.25, -0.2) is 0 Å². The number of hydrogen-bond acceptors (Lipinski definition) is 4. The fourth-order valence-corrected chi connectivity index (χ4v) is 2.89. The molecule has 20 heavy (non-hydrogen) atoms. The summed E-state index contributed by atoms with van der Waals surface area (Å²) < 4.78 is 2.82. The Kier molecular flexibility index (Phi) is 5.15. The third-order valence-corrected chi connectivity index (χ3v) is 4.33. The highest BCUT2D eigenvalue weighted by Gasteiger charge is 2.20. The zero-order chi connectivity index (χ0) is 14.7. The minimum Gasteiger partial charge on any atom is -0.271 e. The molecule has 0 fully saturated rings. The number of aromatic nitrogens is 3. The van der Waals surface area contributed by atoms with Gasteiger partial charge in [-0.05, 0) is 41.9 Å². The highest BCUT2D eigenvalue weighted by atomic mass is 79.9. The third-order valence-electron chi connectivity index (χ3n) is 3.17. The number of hydrogen-bond donors (Lipinski definition) is 2. The first-order valence-corrected chi connectivity index (χ1v) is 7.53. The van der Waals surface area contributed by atoms with E-state index < -0.39 is 0 Å². The molecule has 0 aliphatic carbocycles. The maximum atomic E-state index is 6.34. The summed E-state index contributed by atoms with van der Waals surface area (Å²) in [6.45, 7) is 4.71. The molecule has 0 aromatic carbocycles. The van der Waals surface area contributed by atoms with Crippen molar-refractivity contribution in [1.82, 2.24) is 20.2 Å². The van der Waals surface area contributed by atoms with E-state index >= 15 is 0 Å². The van der Waals surface area contributed by atoms with E-state index in [1.165, 1.54) is 0 Å². The van der Waals surface area contributed by atoms with Gasteiger partial charge in [0.1, 0.15) is 0 Å². The highest BCUT2D eigenvalue weighted by Crippen LogP contribution is 2.28. The number of halogens is 2. The Hall–Kier alpha value is -0.950. The van der Waals surface area contributed by atoms with Gasteiger partial charge in [-0.3, -0.25) is 20.9 Å². The predicted octanol–water partition coefficient (Wildman–Crippen LogP) is 2.77. The quantitative estimate of drug-likeness (QED) is 0.637. The fraction of sp³-hybridized carbons (Fsp3) is 0.385. The summed E-state index contributed by atoms with van der Waals surface area (Å²) in [5, 5.41) is 5.11. The smallest absolute Gasteiger partial charge is 0.0847 e. The van der Waals surface area contributed by atoms with Crippen LogP contribution in [0.1, 0.15) is 30.0 Å². The Bertz CT molecular complexity index is 598. The lowest BCUT2D eigenvalue weighted by Crippen LogP contribution is -2.31. The van der Waals surface area contributed by atoms with E-state index in [1.807, 2.05) is 30.7 Å². The van der Waals surface area contributed by atoms with Gasteiger partial charge in [0.05, 0.1) is 28.1 Å². The molecule has 0 amide bonds. The Balaban J connectivity index is 2.34. The summed E-state index contributed by atoms with van der Waals surface area (Å²) in [7, 11) is 0. The topological polar surface area (TPSA) is 68.8 Å². The number of hydrazine groups is 1. The van der Waals surface area contributed by atoms with Crippen LogP contribution >= 0.6 is 27.5 Å². The van der Waals surface area contributed by atoms with Crippen molar-refractivity contribution in [3.8, 4) is 0 Å². The van der Waals surface area contributed by atoms with Crippen molar-refractivity contribution in [1.29, 1.82) is 0 Å². The molecule has 0 saturated heterocycles. The fourth-order valence-electron chi connectivity index (χ4n) is 2.15.